The Labute approximate surface area is 73.4 Å². The van der Waals surface area contributed by atoms with Gasteiger partial charge in [-0.25, -0.2) is 0 Å². The van der Waals surface area contributed by atoms with Crippen LogP contribution in [0.2, 0.25) is 0 Å². The number of likely N-dealkylation sites (tertiary alicyclic amines) is 1. The molecule has 1 heterocycles. The summed E-state index contributed by atoms with van der Waals surface area (Å²) in [6.45, 7) is 6.85. The van der Waals surface area contributed by atoms with Crippen LogP contribution in [0.15, 0.2) is 0 Å². The van der Waals surface area contributed by atoms with E-state index >= 15 is 0 Å². The van der Waals surface area contributed by atoms with E-state index < -0.39 is 5.60 Å². The molecule has 0 aliphatic carbocycles. The zero-order chi connectivity index (χ0) is 9.35. The predicted octanol–water partition coefficient (Wildman–Crippen LogP) is 0.421. The second kappa shape index (κ2) is 3.15. The molecule has 1 rings (SSSR count). The third kappa shape index (κ3) is 2.29. The van der Waals surface area contributed by atoms with Crippen LogP contribution in [-0.4, -0.2) is 40.5 Å². The fraction of sp³-hybridized carbons (Fsp3) is 0.889. The summed E-state index contributed by atoms with van der Waals surface area (Å²) in [5, 5.41) is 9.44. The highest BCUT2D eigenvalue weighted by molar-refractivity contribution is 5.76. The van der Waals surface area contributed by atoms with Gasteiger partial charge in [-0.3, -0.25) is 9.69 Å². The van der Waals surface area contributed by atoms with Crippen LogP contribution in [0.4, 0.5) is 0 Å². The molecule has 70 valence electrons. The third-order valence-electron chi connectivity index (χ3n) is 2.29. The van der Waals surface area contributed by atoms with Gasteiger partial charge in [0, 0.05) is 25.6 Å². The first-order valence-corrected chi connectivity index (χ1v) is 4.36. The van der Waals surface area contributed by atoms with Crippen LogP contribution in [0.25, 0.3) is 0 Å². The Morgan fingerprint density at radius 1 is 1.67 bits per heavy atom. The molecule has 3 nitrogen and oxygen atoms in total. The molecule has 1 saturated heterocycles. The van der Waals surface area contributed by atoms with Gasteiger partial charge in [-0.2, -0.15) is 0 Å². The summed E-state index contributed by atoms with van der Waals surface area (Å²) in [5.41, 5.74) is -0.523. The maximum atomic E-state index is 10.8. The van der Waals surface area contributed by atoms with Crippen LogP contribution in [0.1, 0.15) is 27.2 Å². The van der Waals surface area contributed by atoms with Gasteiger partial charge in [0.15, 0.2) is 0 Å². The van der Waals surface area contributed by atoms with E-state index in [9.17, 15) is 9.90 Å². The van der Waals surface area contributed by atoms with Crippen molar-refractivity contribution < 1.29 is 9.90 Å². The molecule has 0 aromatic heterocycles. The molecule has 0 saturated carbocycles. The van der Waals surface area contributed by atoms with Gasteiger partial charge >= 0.3 is 0 Å². The number of carbonyl (C=O) groups excluding carboxylic acids is 1. The van der Waals surface area contributed by atoms with E-state index in [0.717, 1.165) is 0 Å². The highest BCUT2D eigenvalue weighted by atomic mass is 16.3. The van der Waals surface area contributed by atoms with Gasteiger partial charge < -0.3 is 5.11 Å². The minimum atomic E-state index is -0.523. The largest absolute Gasteiger partial charge is 0.388 e. The van der Waals surface area contributed by atoms with Gasteiger partial charge in [-0.1, -0.05) is 0 Å². The van der Waals surface area contributed by atoms with Crippen LogP contribution in [0.5, 0.6) is 0 Å². The first kappa shape index (κ1) is 9.68. The summed E-state index contributed by atoms with van der Waals surface area (Å²) in [7, 11) is 0. The lowest BCUT2D eigenvalue weighted by Crippen LogP contribution is -2.62. The molecule has 0 amide bonds. The second-order valence-electron chi connectivity index (χ2n) is 4.16. The Morgan fingerprint density at radius 3 is 2.50 bits per heavy atom. The van der Waals surface area contributed by atoms with Gasteiger partial charge in [0.2, 0.25) is 0 Å². The summed E-state index contributed by atoms with van der Waals surface area (Å²) in [4.78, 5) is 12.9. The quantitative estimate of drug-likeness (QED) is 0.669. The lowest BCUT2D eigenvalue weighted by Gasteiger charge is -2.47. The predicted molar refractivity (Wildman–Crippen MR) is 47.0 cm³/mol. The summed E-state index contributed by atoms with van der Waals surface area (Å²) in [6, 6.07) is 0.280. The van der Waals surface area contributed by atoms with E-state index in [4.69, 9.17) is 0 Å². The molecule has 0 aromatic carbocycles. The fourth-order valence-electron chi connectivity index (χ4n) is 1.69. The molecule has 1 unspecified atom stereocenters. The molecule has 1 N–H and O–H groups in total. The summed E-state index contributed by atoms with van der Waals surface area (Å²) in [5.74, 6) is 0.217. The van der Waals surface area contributed by atoms with Crippen molar-refractivity contribution in [1.82, 2.24) is 4.90 Å². The molecule has 1 atom stereocenters. The van der Waals surface area contributed by atoms with E-state index in [2.05, 4.69) is 4.90 Å². The van der Waals surface area contributed by atoms with Gasteiger partial charge in [0.1, 0.15) is 5.78 Å². The van der Waals surface area contributed by atoms with Crippen molar-refractivity contribution in [2.75, 3.05) is 13.1 Å². The molecule has 0 bridgehead atoms. The third-order valence-corrected chi connectivity index (χ3v) is 2.29. The Kier molecular flexibility index (Phi) is 2.54. The first-order valence-electron chi connectivity index (χ1n) is 4.36. The van der Waals surface area contributed by atoms with Crippen molar-refractivity contribution in [3.05, 3.63) is 0 Å². The number of nitrogens with zero attached hydrogens (tertiary/aromatic N) is 1. The summed E-state index contributed by atoms with van der Waals surface area (Å²) < 4.78 is 0. The van der Waals surface area contributed by atoms with Crippen molar-refractivity contribution in [2.45, 2.75) is 38.8 Å². The van der Waals surface area contributed by atoms with Crippen LogP contribution in [0.3, 0.4) is 0 Å². The average molecular weight is 171 g/mol. The Morgan fingerprint density at radius 2 is 2.17 bits per heavy atom. The van der Waals surface area contributed by atoms with E-state index in [0.29, 0.717) is 19.5 Å². The van der Waals surface area contributed by atoms with Crippen molar-refractivity contribution in [2.24, 2.45) is 0 Å². The molecule has 0 spiro atoms. The molecule has 0 radical (unpaired) electrons. The number of hydrogen-bond acceptors (Lipinski definition) is 3. The van der Waals surface area contributed by atoms with E-state index in [1.165, 1.54) is 0 Å². The molecular weight excluding hydrogens is 154 g/mol. The van der Waals surface area contributed by atoms with Crippen LogP contribution in [0, 0.1) is 0 Å². The second-order valence-corrected chi connectivity index (χ2v) is 4.16. The molecule has 0 aromatic rings. The molecular formula is C9H17NO2. The van der Waals surface area contributed by atoms with E-state index in [-0.39, 0.29) is 11.8 Å². The number of β-amino-alcohol motifs (C(OH)–C–C–N with tert-alkyl or cyclic N) is 1. The minimum Gasteiger partial charge on any atom is -0.388 e. The monoisotopic (exact) mass is 171 g/mol. The topological polar surface area (TPSA) is 40.5 Å². The van der Waals surface area contributed by atoms with Crippen molar-refractivity contribution in [3.8, 4) is 0 Å². The molecule has 3 heteroatoms. The minimum absolute atomic E-state index is 0.217. The van der Waals surface area contributed by atoms with Crippen molar-refractivity contribution in [1.29, 1.82) is 0 Å². The lowest BCUT2D eigenvalue weighted by atomic mass is 9.94. The maximum Gasteiger partial charge on any atom is 0.131 e. The Bertz CT molecular complexity index is 181. The first-order chi connectivity index (χ1) is 5.41. The molecule has 1 fully saturated rings. The Hall–Kier alpha value is -0.410. The van der Waals surface area contributed by atoms with Gasteiger partial charge in [-0.15, -0.1) is 0 Å². The van der Waals surface area contributed by atoms with Crippen molar-refractivity contribution in [3.63, 3.8) is 0 Å². The maximum absolute atomic E-state index is 10.8. The normalized spacial score (nSPS) is 24.7. The Balaban J connectivity index is 2.28. The van der Waals surface area contributed by atoms with Gasteiger partial charge in [-0.05, 0) is 20.8 Å². The SMILES string of the molecule is CC(=O)CC(C)N1CC(C)(O)C1. The average Bonchev–Trinajstić information content (AvgIpc) is 1.80. The number of Topliss-reactive ketones (excluding diaryl/α,β-unsaturated/α-hetero) is 1. The zero-order valence-corrected chi connectivity index (χ0v) is 8.00. The van der Waals surface area contributed by atoms with E-state index in [1.54, 1.807) is 6.92 Å². The van der Waals surface area contributed by atoms with Crippen LogP contribution < -0.4 is 0 Å². The molecule has 12 heavy (non-hydrogen) atoms. The summed E-state index contributed by atoms with van der Waals surface area (Å²) >= 11 is 0. The number of carbonyl (C=O) groups is 1. The van der Waals surface area contributed by atoms with Crippen molar-refractivity contribution >= 4 is 5.78 Å². The van der Waals surface area contributed by atoms with Gasteiger partial charge in [0.05, 0.1) is 5.60 Å². The molecule has 1 aliphatic heterocycles. The highest BCUT2D eigenvalue weighted by Crippen LogP contribution is 2.23. The number of ketones is 1. The highest BCUT2D eigenvalue weighted by Gasteiger charge is 2.38. The van der Waals surface area contributed by atoms with Crippen LogP contribution >= 0.6 is 0 Å². The smallest absolute Gasteiger partial charge is 0.131 e. The van der Waals surface area contributed by atoms with E-state index in [1.807, 2.05) is 13.8 Å². The number of aliphatic hydroxyl groups is 1. The number of rotatable bonds is 3. The summed E-state index contributed by atoms with van der Waals surface area (Å²) in [6.07, 6.45) is 0.593. The zero-order valence-electron chi connectivity index (χ0n) is 8.00. The molecule has 1 aliphatic rings. The standard InChI is InChI=1S/C9H17NO2/c1-7(4-8(2)11)10-5-9(3,12)6-10/h7,12H,4-6H2,1-3H3. The van der Waals surface area contributed by atoms with Gasteiger partial charge in [0.25, 0.3) is 0 Å². The fourth-order valence-corrected chi connectivity index (χ4v) is 1.69. The number of hydrogen-bond donors (Lipinski definition) is 1. The van der Waals surface area contributed by atoms with Crippen LogP contribution in [-0.2, 0) is 4.79 Å². The lowest BCUT2D eigenvalue weighted by molar-refractivity contribution is -0.124.